The normalized spacial score (nSPS) is 17.3. The molecule has 1 aromatic carbocycles. The summed E-state index contributed by atoms with van der Waals surface area (Å²) in [5, 5.41) is 8.41. The van der Waals surface area contributed by atoms with Crippen molar-refractivity contribution < 1.29 is 9.53 Å². The van der Waals surface area contributed by atoms with Crippen molar-refractivity contribution in [2.45, 2.75) is 26.7 Å². The summed E-state index contributed by atoms with van der Waals surface area (Å²) in [6.07, 6.45) is 3.85. The number of hydrogen-bond acceptors (Lipinski definition) is 5. The van der Waals surface area contributed by atoms with Crippen LogP contribution in [0.4, 0.5) is 0 Å². The number of benzene rings is 1. The van der Waals surface area contributed by atoms with Crippen molar-refractivity contribution in [3.05, 3.63) is 42.1 Å². The van der Waals surface area contributed by atoms with Crippen LogP contribution in [0.25, 0.3) is 16.9 Å². The molecule has 7 nitrogen and oxygen atoms in total. The molecule has 1 saturated heterocycles. The minimum Gasteiger partial charge on any atom is -0.494 e. The van der Waals surface area contributed by atoms with Crippen molar-refractivity contribution >= 4 is 17.1 Å². The van der Waals surface area contributed by atoms with E-state index in [0.29, 0.717) is 29.3 Å². The molecule has 1 fully saturated rings. The van der Waals surface area contributed by atoms with Crippen molar-refractivity contribution in [2.75, 3.05) is 19.7 Å². The summed E-state index contributed by atoms with van der Waals surface area (Å²) in [4.78, 5) is 19.2. The first-order valence-electron chi connectivity index (χ1n) is 9.39. The van der Waals surface area contributed by atoms with E-state index in [1.54, 1.807) is 16.9 Å². The van der Waals surface area contributed by atoms with Gasteiger partial charge in [-0.2, -0.15) is 4.68 Å². The molecule has 7 heteroatoms. The molecule has 3 heterocycles. The summed E-state index contributed by atoms with van der Waals surface area (Å²) < 4.78 is 7.14. The molecule has 0 unspecified atom stereocenters. The number of hydrogen-bond donors (Lipinski definition) is 0. The van der Waals surface area contributed by atoms with Gasteiger partial charge >= 0.3 is 0 Å². The molecule has 0 bridgehead atoms. The number of pyridine rings is 1. The third-order valence-corrected chi connectivity index (χ3v) is 4.87. The number of likely N-dealkylation sites (tertiary alicyclic amines) is 1. The first kappa shape index (κ1) is 17.5. The molecule has 0 aliphatic carbocycles. The zero-order valence-electron chi connectivity index (χ0n) is 15.6. The summed E-state index contributed by atoms with van der Waals surface area (Å²) in [5.41, 5.74) is 2.65. The van der Waals surface area contributed by atoms with Crippen LogP contribution in [0.5, 0.6) is 5.75 Å². The summed E-state index contributed by atoms with van der Waals surface area (Å²) >= 11 is 0. The number of aromatic nitrogens is 4. The SMILES string of the molecule is CCOc1ccc(-n2nnc3cc(C(=O)N4CCC[C@H](C)C4)cnc32)cc1. The van der Waals surface area contributed by atoms with Crippen LogP contribution in [-0.4, -0.2) is 50.5 Å². The van der Waals surface area contributed by atoms with Crippen molar-refractivity contribution in [1.29, 1.82) is 0 Å². The molecule has 1 aliphatic heterocycles. The Morgan fingerprint density at radius 2 is 2.11 bits per heavy atom. The molecule has 0 N–H and O–H groups in total. The third-order valence-electron chi connectivity index (χ3n) is 4.87. The standard InChI is InChI=1S/C20H23N5O2/c1-3-27-17-8-6-16(7-9-17)25-19-18(22-23-25)11-15(12-21-19)20(26)24-10-4-5-14(2)13-24/h6-9,11-12,14H,3-5,10,13H2,1-2H3/t14-/m0/s1. The lowest BCUT2D eigenvalue weighted by Crippen LogP contribution is -2.39. The average molecular weight is 365 g/mol. The molecule has 1 atom stereocenters. The molecule has 4 rings (SSSR count). The van der Waals surface area contributed by atoms with E-state index < -0.39 is 0 Å². The van der Waals surface area contributed by atoms with Crippen LogP contribution in [0, 0.1) is 5.92 Å². The monoisotopic (exact) mass is 365 g/mol. The Hall–Kier alpha value is -2.96. The van der Waals surface area contributed by atoms with Crippen LogP contribution in [-0.2, 0) is 0 Å². The third kappa shape index (κ3) is 3.49. The zero-order chi connectivity index (χ0) is 18.8. The van der Waals surface area contributed by atoms with Crippen molar-refractivity contribution in [2.24, 2.45) is 5.92 Å². The minimum atomic E-state index is 0.0200. The van der Waals surface area contributed by atoms with E-state index in [1.165, 1.54) is 6.42 Å². The van der Waals surface area contributed by atoms with Crippen molar-refractivity contribution in [3.8, 4) is 11.4 Å². The van der Waals surface area contributed by atoms with Gasteiger partial charge in [-0.05, 0) is 56.0 Å². The first-order chi connectivity index (χ1) is 13.2. The van der Waals surface area contributed by atoms with Crippen LogP contribution in [0.1, 0.15) is 37.0 Å². The summed E-state index contributed by atoms with van der Waals surface area (Å²) in [6, 6.07) is 9.38. The molecule has 3 aromatic rings. The highest BCUT2D eigenvalue weighted by Crippen LogP contribution is 2.21. The maximum absolute atomic E-state index is 12.8. The number of fused-ring (bicyclic) bond motifs is 1. The number of amides is 1. The maximum Gasteiger partial charge on any atom is 0.255 e. The lowest BCUT2D eigenvalue weighted by atomic mass is 10.00. The number of piperidine rings is 1. The lowest BCUT2D eigenvalue weighted by molar-refractivity contribution is 0.0683. The largest absolute Gasteiger partial charge is 0.494 e. The Labute approximate surface area is 157 Å². The number of ether oxygens (including phenoxy) is 1. The van der Waals surface area contributed by atoms with Crippen LogP contribution in [0.15, 0.2) is 36.5 Å². The van der Waals surface area contributed by atoms with Gasteiger partial charge < -0.3 is 9.64 Å². The second-order valence-electron chi connectivity index (χ2n) is 6.99. The number of rotatable bonds is 4. The van der Waals surface area contributed by atoms with Gasteiger partial charge in [-0.25, -0.2) is 4.98 Å². The van der Waals surface area contributed by atoms with Crippen molar-refractivity contribution in [1.82, 2.24) is 24.9 Å². The van der Waals surface area contributed by atoms with Crippen LogP contribution in [0.2, 0.25) is 0 Å². The second kappa shape index (κ2) is 7.34. The van der Waals surface area contributed by atoms with Gasteiger partial charge in [0.15, 0.2) is 5.65 Å². The molecule has 1 amide bonds. The highest BCUT2D eigenvalue weighted by atomic mass is 16.5. The van der Waals surface area contributed by atoms with Gasteiger partial charge in [0.25, 0.3) is 5.91 Å². The molecule has 27 heavy (non-hydrogen) atoms. The van der Waals surface area contributed by atoms with Crippen LogP contribution >= 0.6 is 0 Å². The highest BCUT2D eigenvalue weighted by Gasteiger charge is 2.23. The second-order valence-corrected chi connectivity index (χ2v) is 6.99. The molecule has 0 radical (unpaired) electrons. The lowest BCUT2D eigenvalue weighted by Gasteiger charge is -2.30. The van der Waals surface area contributed by atoms with E-state index >= 15 is 0 Å². The molecule has 1 aliphatic rings. The Balaban J connectivity index is 1.60. The summed E-state index contributed by atoms with van der Waals surface area (Å²) in [7, 11) is 0. The molecular weight excluding hydrogens is 342 g/mol. The first-order valence-corrected chi connectivity index (χ1v) is 9.39. The Bertz CT molecular complexity index is 951. The fraction of sp³-hybridized carbons (Fsp3) is 0.400. The van der Waals surface area contributed by atoms with E-state index in [4.69, 9.17) is 4.74 Å². The van der Waals surface area contributed by atoms with Gasteiger partial charge in [0.05, 0.1) is 17.9 Å². The van der Waals surface area contributed by atoms with Crippen LogP contribution < -0.4 is 4.74 Å². The van der Waals surface area contributed by atoms with Gasteiger partial charge in [-0.15, -0.1) is 5.10 Å². The molecule has 2 aromatic heterocycles. The fourth-order valence-corrected chi connectivity index (χ4v) is 3.52. The number of carbonyl (C=O) groups excluding carboxylic acids is 1. The minimum absolute atomic E-state index is 0.0200. The van der Waals surface area contributed by atoms with Gasteiger partial charge in [0.1, 0.15) is 11.3 Å². The topological polar surface area (TPSA) is 73.1 Å². The van der Waals surface area contributed by atoms with Crippen LogP contribution in [0.3, 0.4) is 0 Å². The van der Waals surface area contributed by atoms with E-state index in [2.05, 4.69) is 22.2 Å². The predicted molar refractivity (Wildman–Crippen MR) is 102 cm³/mol. The Morgan fingerprint density at radius 1 is 1.30 bits per heavy atom. The average Bonchev–Trinajstić information content (AvgIpc) is 3.11. The highest BCUT2D eigenvalue weighted by molar-refractivity contribution is 5.96. The zero-order valence-corrected chi connectivity index (χ0v) is 15.6. The Morgan fingerprint density at radius 3 is 2.85 bits per heavy atom. The predicted octanol–water partition coefficient (Wildman–Crippen LogP) is 3.09. The van der Waals surface area contributed by atoms with Gasteiger partial charge in [0, 0.05) is 19.3 Å². The molecule has 0 saturated carbocycles. The molecule has 140 valence electrons. The molecule has 0 spiro atoms. The smallest absolute Gasteiger partial charge is 0.255 e. The Kier molecular flexibility index (Phi) is 4.75. The maximum atomic E-state index is 12.8. The van der Waals surface area contributed by atoms with E-state index in [9.17, 15) is 4.79 Å². The summed E-state index contributed by atoms with van der Waals surface area (Å²) in [6.45, 7) is 6.37. The number of carbonyl (C=O) groups is 1. The van der Waals surface area contributed by atoms with Gasteiger partial charge in [-0.1, -0.05) is 12.1 Å². The van der Waals surface area contributed by atoms with E-state index in [-0.39, 0.29) is 5.91 Å². The number of nitrogens with zero attached hydrogens (tertiary/aromatic N) is 5. The quantitative estimate of drug-likeness (QED) is 0.710. The van der Waals surface area contributed by atoms with E-state index in [1.807, 2.05) is 36.1 Å². The summed E-state index contributed by atoms with van der Waals surface area (Å²) in [5.74, 6) is 1.37. The van der Waals surface area contributed by atoms with Crippen molar-refractivity contribution in [3.63, 3.8) is 0 Å². The van der Waals surface area contributed by atoms with Gasteiger partial charge in [0.2, 0.25) is 0 Å². The van der Waals surface area contributed by atoms with Gasteiger partial charge in [-0.3, -0.25) is 4.79 Å². The van der Waals surface area contributed by atoms with E-state index in [0.717, 1.165) is 30.9 Å². The molecular formula is C20H23N5O2. The fourth-order valence-electron chi connectivity index (χ4n) is 3.52.